The Labute approximate surface area is 75.3 Å². The summed E-state index contributed by atoms with van der Waals surface area (Å²) in [5.41, 5.74) is 0.359. The predicted molar refractivity (Wildman–Crippen MR) is 45.4 cm³/mol. The van der Waals surface area contributed by atoms with Crippen molar-refractivity contribution in [3.63, 3.8) is 0 Å². The minimum atomic E-state index is -0.461. The van der Waals surface area contributed by atoms with Crippen molar-refractivity contribution < 1.29 is 13.9 Å². The summed E-state index contributed by atoms with van der Waals surface area (Å²) in [5.74, 6) is -0.406. The second-order valence-corrected chi connectivity index (χ2v) is 3.17. The van der Waals surface area contributed by atoms with Crippen LogP contribution in [-0.4, -0.2) is 11.9 Å². The van der Waals surface area contributed by atoms with Crippen molar-refractivity contribution in [3.8, 4) is 5.75 Å². The van der Waals surface area contributed by atoms with E-state index in [0.717, 1.165) is 0 Å². The molecule has 68 valence electrons. The number of halogens is 1. The molecule has 0 saturated carbocycles. The molecular weight excluding hydrogens is 171 g/mol. The van der Waals surface area contributed by atoms with Gasteiger partial charge in [0.2, 0.25) is 0 Å². The van der Waals surface area contributed by atoms with Crippen LogP contribution in [0.25, 0.3) is 0 Å². The number of ether oxygens (including phenoxy) is 1. The normalized spacial score (nSPS) is 20.8. The van der Waals surface area contributed by atoms with Crippen molar-refractivity contribution in [3.05, 3.63) is 29.6 Å². The third-order valence-corrected chi connectivity index (χ3v) is 2.06. The first-order chi connectivity index (χ1) is 6.18. The first kappa shape index (κ1) is 8.23. The zero-order chi connectivity index (χ0) is 9.42. The standard InChI is InChI=1S/C10H9FO2/c1-6-5-9(12)7-3-2-4-8(11)10(7)13-6/h2-4,6H,5H2,1H3. The average Bonchev–Trinajstić information content (AvgIpc) is 2.07. The Bertz CT molecular complexity index is 360. The third kappa shape index (κ3) is 1.30. The van der Waals surface area contributed by atoms with Crippen LogP contribution in [0.5, 0.6) is 5.75 Å². The van der Waals surface area contributed by atoms with Gasteiger partial charge in [-0.2, -0.15) is 0 Å². The third-order valence-electron chi connectivity index (χ3n) is 2.06. The Balaban J connectivity index is 2.55. The monoisotopic (exact) mass is 180 g/mol. The maximum absolute atomic E-state index is 13.1. The number of fused-ring (bicyclic) bond motifs is 1. The summed E-state index contributed by atoms with van der Waals surface area (Å²) in [6, 6.07) is 4.40. The molecule has 0 aromatic heterocycles. The molecule has 0 spiro atoms. The lowest BCUT2D eigenvalue weighted by Crippen LogP contribution is -2.24. The van der Waals surface area contributed by atoms with Crippen molar-refractivity contribution in [2.75, 3.05) is 0 Å². The fraction of sp³-hybridized carbons (Fsp3) is 0.300. The molecule has 0 fully saturated rings. The van der Waals surface area contributed by atoms with Crippen molar-refractivity contribution >= 4 is 5.78 Å². The van der Waals surface area contributed by atoms with Crippen LogP contribution < -0.4 is 4.74 Å². The molecule has 1 aromatic rings. The van der Waals surface area contributed by atoms with E-state index in [-0.39, 0.29) is 17.6 Å². The number of carbonyl (C=O) groups is 1. The Morgan fingerprint density at radius 2 is 2.31 bits per heavy atom. The molecule has 2 nitrogen and oxygen atoms in total. The molecule has 0 N–H and O–H groups in total. The molecule has 0 radical (unpaired) electrons. The second-order valence-electron chi connectivity index (χ2n) is 3.17. The molecule has 2 rings (SSSR count). The van der Waals surface area contributed by atoms with Gasteiger partial charge in [0.1, 0.15) is 6.10 Å². The van der Waals surface area contributed by atoms with E-state index in [4.69, 9.17) is 4.74 Å². The van der Waals surface area contributed by atoms with Crippen molar-refractivity contribution in [1.29, 1.82) is 0 Å². The SMILES string of the molecule is CC1CC(=O)c2cccc(F)c2O1. The summed E-state index contributed by atoms with van der Waals surface area (Å²) in [6.07, 6.45) is 0.105. The Hall–Kier alpha value is -1.38. The highest BCUT2D eigenvalue weighted by Gasteiger charge is 2.25. The summed E-state index contributed by atoms with van der Waals surface area (Å²) in [7, 11) is 0. The van der Waals surface area contributed by atoms with Gasteiger partial charge >= 0.3 is 0 Å². The number of ketones is 1. The molecule has 1 aliphatic rings. The lowest BCUT2D eigenvalue weighted by atomic mass is 10.0. The number of Topliss-reactive ketones (excluding diaryl/α,β-unsaturated/α-hetero) is 1. The molecular formula is C10H9FO2. The molecule has 1 unspecified atom stereocenters. The summed E-state index contributed by atoms with van der Waals surface area (Å²) < 4.78 is 18.4. The zero-order valence-corrected chi connectivity index (χ0v) is 7.21. The van der Waals surface area contributed by atoms with Gasteiger partial charge in [0.15, 0.2) is 17.3 Å². The predicted octanol–water partition coefficient (Wildman–Crippen LogP) is 2.18. The number of hydrogen-bond acceptors (Lipinski definition) is 2. The molecule has 0 bridgehead atoms. The van der Waals surface area contributed by atoms with Crippen LogP contribution in [0.3, 0.4) is 0 Å². The van der Waals surface area contributed by atoms with Crippen LogP contribution in [0.2, 0.25) is 0 Å². The fourth-order valence-electron chi connectivity index (χ4n) is 1.46. The van der Waals surface area contributed by atoms with Gasteiger partial charge in [-0.15, -0.1) is 0 Å². The van der Waals surface area contributed by atoms with Gasteiger partial charge in [0, 0.05) is 6.42 Å². The van der Waals surface area contributed by atoms with E-state index in [0.29, 0.717) is 12.0 Å². The number of para-hydroxylation sites is 1. The Morgan fingerprint density at radius 1 is 1.54 bits per heavy atom. The highest BCUT2D eigenvalue weighted by atomic mass is 19.1. The number of benzene rings is 1. The fourth-order valence-corrected chi connectivity index (χ4v) is 1.46. The lowest BCUT2D eigenvalue weighted by molar-refractivity contribution is 0.0862. The van der Waals surface area contributed by atoms with E-state index in [1.54, 1.807) is 13.0 Å². The van der Waals surface area contributed by atoms with Crippen LogP contribution >= 0.6 is 0 Å². The van der Waals surface area contributed by atoms with Crippen LogP contribution in [-0.2, 0) is 0 Å². The van der Waals surface area contributed by atoms with Crippen molar-refractivity contribution in [2.45, 2.75) is 19.4 Å². The van der Waals surface area contributed by atoms with E-state index >= 15 is 0 Å². The number of rotatable bonds is 0. The van der Waals surface area contributed by atoms with Gasteiger partial charge in [0.05, 0.1) is 5.56 Å². The summed E-state index contributed by atoms with van der Waals surface area (Å²) in [5, 5.41) is 0. The molecule has 1 heterocycles. The molecule has 0 amide bonds. The van der Waals surface area contributed by atoms with Gasteiger partial charge in [-0.3, -0.25) is 4.79 Å². The van der Waals surface area contributed by atoms with Crippen molar-refractivity contribution in [1.82, 2.24) is 0 Å². The minimum absolute atomic E-state index is 0.0479. The molecule has 1 aromatic carbocycles. The number of carbonyl (C=O) groups excluding carboxylic acids is 1. The molecule has 13 heavy (non-hydrogen) atoms. The van der Waals surface area contributed by atoms with Crippen LogP contribution in [0, 0.1) is 5.82 Å². The maximum atomic E-state index is 13.1. The Kier molecular flexibility index (Phi) is 1.79. The van der Waals surface area contributed by atoms with E-state index in [2.05, 4.69) is 0 Å². The summed E-state index contributed by atoms with van der Waals surface area (Å²) in [4.78, 5) is 11.4. The summed E-state index contributed by atoms with van der Waals surface area (Å²) >= 11 is 0. The van der Waals surface area contributed by atoms with Crippen LogP contribution in [0.4, 0.5) is 4.39 Å². The van der Waals surface area contributed by atoms with Crippen molar-refractivity contribution in [2.24, 2.45) is 0 Å². The minimum Gasteiger partial charge on any atom is -0.486 e. The lowest BCUT2D eigenvalue weighted by Gasteiger charge is -2.22. The first-order valence-electron chi connectivity index (χ1n) is 4.17. The quantitative estimate of drug-likeness (QED) is 0.611. The van der Waals surface area contributed by atoms with E-state index in [1.807, 2.05) is 0 Å². The zero-order valence-electron chi connectivity index (χ0n) is 7.21. The highest BCUT2D eigenvalue weighted by molar-refractivity contribution is 5.99. The highest BCUT2D eigenvalue weighted by Crippen LogP contribution is 2.29. The average molecular weight is 180 g/mol. The maximum Gasteiger partial charge on any atom is 0.170 e. The van der Waals surface area contributed by atoms with E-state index in [1.165, 1.54) is 12.1 Å². The molecule has 1 atom stereocenters. The van der Waals surface area contributed by atoms with E-state index < -0.39 is 5.82 Å². The molecule has 1 aliphatic heterocycles. The van der Waals surface area contributed by atoms with Gasteiger partial charge in [0.25, 0.3) is 0 Å². The Morgan fingerprint density at radius 3 is 3.08 bits per heavy atom. The van der Waals surface area contributed by atoms with Crippen LogP contribution in [0.15, 0.2) is 18.2 Å². The molecule has 0 aliphatic carbocycles. The largest absolute Gasteiger partial charge is 0.486 e. The summed E-state index contributed by atoms with van der Waals surface area (Å²) in [6.45, 7) is 1.76. The van der Waals surface area contributed by atoms with Gasteiger partial charge in [-0.1, -0.05) is 6.07 Å². The number of hydrogen-bond donors (Lipinski definition) is 0. The van der Waals surface area contributed by atoms with E-state index in [9.17, 15) is 9.18 Å². The molecule has 0 saturated heterocycles. The second kappa shape index (κ2) is 2.83. The first-order valence-corrected chi connectivity index (χ1v) is 4.17. The van der Waals surface area contributed by atoms with Gasteiger partial charge < -0.3 is 4.74 Å². The van der Waals surface area contributed by atoms with Gasteiger partial charge in [-0.25, -0.2) is 4.39 Å². The smallest absolute Gasteiger partial charge is 0.170 e. The van der Waals surface area contributed by atoms with Gasteiger partial charge in [-0.05, 0) is 19.1 Å². The topological polar surface area (TPSA) is 26.3 Å². The molecule has 3 heteroatoms. The van der Waals surface area contributed by atoms with Crippen LogP contribution in [0.1, 0.15) is 23.7 Å².